The van der Waals surface area contributed by atoms with Crippen molar-refractivity contribution in [2.24, 2.45) is 5.92 Å². The summed E-state index contributed by atoms with van der Waals surface area (Å²) < 4.78 is 0. The minimum absolute atomic E-state index is 0.0698. The second-order valence-corrected chi connectivity index (χ2v) is 6.03. The number of anilines is 1. The van der Waals surface area contributed by atoms with E-state index in [9.17, 15) is 4.79 Å². The number of nitriles is 2. The van der Waals surface area contributed by atoms with E-state index in [1.165, 1.54) is 30.7 Å². The molecule has 0 aliphatic heterocycles. The molecule has 1 aliphatic carbocycles. The molecule has 0 radical (unpaired) electrons. The Balaban J connectivity index is 1.99. The number of amides is 1. The molecule has 2 rings (SSSR count). The van der Waals surface area contributed by atoms with Gasteiger partial charge in [-0.1, -0.05) is 11.8 Å². The largest absolute Gasteiger partial charge is 0.353 e. The lowest BCUT2D eigenvalue weighted by Crippen LogP contribution is -2.35. The quantitative estimate of drug-likeness (QED) is 0.781. The normalized spacial score (nSPS) is 14.8. The van der Waals surface area contributed by atoms with E-state index < -0.39 is 0 Å². The number of thioether (sulfide) groups is 1. The number of rotatable bonds is 5. The van der Waals surface area contributed by atoms with Gasteiger partial charge in [0, 0.05) is 6.04 Å². The Morgan fingerprint density at radius 1 is 1.52 bits per heavy atom. The number of carbonyl (C=O) groups excluding carboxylic acids is 1. The molecule has 4 N–H and O–H groups in total. The number of nitrogens with one attached hydrogen (secondary N) is 2. The first-order valence-corrected chi connectivity index (χ1v) is 7.62. The van der Waals surface area contributed by atoms with Crippen molar-refractivity contribution in [3.8, 4) is 12.1 Å². The third-order valence-electron chi connectivity index (χ3n) is 3.38. The minimum Gasteiger partial charge on any atom is -0.353 e. The number of pyridine rings is 1. The summed E-state index contributed by atoms with van der Waals surface area (Å²) in [7, 11) is 0. The van der Waals surface area contributed by atoms with Crippen molar-refractivity contribution < 1.29 is 9.78 Å². The van der Waals surface area contributed by atoms with Gasteiger partial charge >= 0.3 is 0 Å². The van der Waals surface area contributed by atoms with Gasteiger partial charge in [0.05, 0.1) is 5.75 Å². The van der Waals surface area contributed by atoms with Crippen LogP contribution in [0.3, 0.4) is 0 Å². The highest BCUT2D eigenvalue weighted by atomic mass is 32.2. The van der Waals surface area contributed by atoms with Crippen molar-refractivity contribution in [3.63, 3.8) is 0 Å². The first-order valence-electron chi connectivity index (χ1n) is 6.63. The van der Waals surface area contributed by atoms with E-state index in [1.54, 1.807) is 0 Å². The van der Waals surface area contributed by atoms with Crippen LogP contribution < -0.4 is 16.0 Å². The molecule has 1 fully saturated rings. The summed E-state index contributed by atoms with van der Waals surface area (Å²) in [4.78, 5) is 14.7. The van der Waals surface area contributed by atoms with Crippen molar-refractivity contribution in [2.75, 3.05) is 11.5 Å². The molecule has 0 unspecified atom stereocenters. The van der Waals surface area contributed by atoms with Crippen LogP contribution in [-0.4, -0.2) is 17.7 Å². The van der Waals surface area contributed by atoms with Gasteiger partial charge in [-0.3, -0.25) is 10.5 Å². The van der Waals surface area contributed by atoms with Crippen LogP contribution in [0.2, 0.25) is 0 Å². The van der Waals surface area contributed by atoms with Crippen LogP contribution in [0, 0.1) is 28.6 Å². The Morgan fingerprint density at radius 2 is 2.19 bits per heavy atom. The Morgan fingerprint density at radius 3 is 2.76 bits per heavy atom. The van der Waals surface area contributed by atoms with E-state index in [4.69, 9.17) is 16.3 Å². The van der Waals surface area contributed by atoms with Gasteiger partial charge < -0.3 is 5.32 Å². The minimum atomic E-state index is -0.0698. The number of hydrogen-bond donors (Lipinski definition) is 2. The second kappa shape index (κ2) is 6.47. The lowest BCUT2D eigenvalue weighted by atomic mass is 10.2. The average Bonchev–Trinajstić information content (AvgIpc) is 3.29. The summed E-state index contributed by atoms with van der Waals surface area (Å²) >= 11 is 1.21. The number of nitrogen functional groups attached to an aromatic ring is 1. The molecule has 0 saturated heterocycles. The van der Waals surface area contributed by atoms with Crippen LogP contribution >= 0.6 is 11.8 Å². The summed E-state index contributed by atoms with van der Waals surface area (Å²) in [6.07, 6.45) is 2.35. The van der Waals surface area contributed by atoms with Crippen molar-refractivity contribution >= 4 is 23.5 Å². The summed E-state index contributed by atoms with van der Waals surface area (Å²) in [5.41, 5.74) is 6.23. The molecular formula is C14H16N5OS+. The van der Waals surface area contributed by atoms with Gasteiger partial charge in [-0.05, 0) is 31.7 Å². The molecule has 7 heteroatoms. The SMILES string of the molecule is C[C@H](NC(=O)CSc1[nH+]c(N)c(C#N)cc1C#N)C1CC1. The van der Waals surface area contributed by atoms with E-state index in [2.05, 4.69) is 10.3 Å². The Bertz CT molecular complexity index is 642. The Kier molecular flexibility index (Phi) is 4.66. The van der Waals surface area contributed by atoms with E-state index in [0.717, 1.165) is 0 Å². The summed E-state index contributed by atoms with van der Waals surface area (Å²) in [6, 6.07) is 5.54. The fraction of sp³-hybridized carbons (Fsp3) is 0.429. The molecule has 1 heterocycles. The zero-order valence-corrected chi connectivity index (χ0v) is 12.5. The number of nitrogens with zero attached hydrogens (tertiary/aromatic N) is 2. The van der Waals surface area contributed by atoms with Crippen molar-refractivity contribution in [2.45, 2.75) is 30.8 Å². The van der Waals surface area contributed by atoms with Crippen molar-refractivity contribution in [3.05, 3.63) is 17.2 Å². The fourth-order valence-electron chi connectivity index (χ4n) is 1.98. The predicted octanol–water partition coefficient (Wildman–Crippen LogP) is 0.833. The summed E-state index contributed by atoms with van der Waals surface area (Å²) in [6.45, 7) is 2.01. The molecule has 6 nitrogen and oxygen atoms in total. The monoisotopic (exact) mass is 302 g/mol. The van der Waals surface area contributed by atoms with Crippen LogP contribution in [0.25, 0.3) is 0 Å². The maximum absolute atomic E-state index is 11.9. The lowest BCUT2D eigenvalue weighted by Gasteiger charge is -2.12. The van der Waals surface area contributed by atoms with E-state index in [0.29, 0.717) is 16.5 Å². The smallest absolute Gasteiger partial charge is 0.289 e. The van der Waals surface area contributed by atoms with Gasteiger partial charge in [-0.25, -0.2) is 4.98 Å². The summed E-state index contributed by atoms with van der Waals surface area (Å²) in [5.74, 6) is 0.934. The predicted molar refractivity (Wildman–Crippen MR) is 77.9 cm³/mol. The molecule has 1 atom stereocenters. The zero-order chi connectivity index (χ0) is 15.4. The molecular weight excluding hydrogens is 286 g/mol. The molecule has 1 amide bonds. The van der Waals surface area contributed by atoms with Crippen LogP contribution in [-0.2, 0) is 4.79 Å². The fourth-order valence-corrected chi connectivity index (χ4v) is 2.78. The molecule has 0 spiro atoms. The average molecular weight is 302 g/mol. The highest BCUT2D eigenvalue weighted by molar-refractivity contribution is 7.99. The first kappa shape index (κ1) is 15.1. The third-order valence-corrected chi connectivity index (χ3v) is 4.40. The molecule has 0 bridgehead atoms. The molecule has 1 saturated carbocycles. The third kappa shape index (κ3) is 3.87. The van der Waals surface area contributed by atoms with Crippen molar-refractivity contribution in [1.29, 1.82) is 10.5 Å². The second-order valence-electron chi connectivity index (χ2n) is 5.05. The molecule has 108 valence electrons. The van der Waals surface area contributed by atoms with Gasteiger partial charge in [-0.15, -0.1) is 0 Å². The maximum Gasteiger partial charge on any atom is 0.289 e. The molecule has 1 aromatic heterocycles. The van der Waals surface area contributed by atoms with E-state index in [-0.39, 0.29) is 29.1 Å². The Labute approximate surface area is 127 Å². The number of H-pyrrole nitrogens is 1. The van der Waals surface area contributed by atoms with Gasteiger partial charge in [0.15, 0.2) is 5.03 Å². The van der Waals surface area contributed by atoms with Crippen LogP contribution in [0.15, 0.2) is 11.1 Å². The number of aromatic amines is 1. The van der Waals surface area contributed by atoms with Gasteiger partial charge in [-0.2, -0.15) is 10.5 Å². The number of aromatic nitrogens is 1. The lowest BCUT2D eigenvalue weighted by molar-refractivity contribution is -0.410. The Hall–Kier alpha value is -2.25. The number of hydrogen-bond acceptors (Lipinski definition) is 5. The van der Waals surface area contributed by atoms with Crippen LogP contribution in [0.4, 0.5) is 5.82 Å². The van der Waals surface area contributed by atoms with E-state index >= 15 is 0 Å². The standard InChI is InChI=1S/C14H15N5OS/c1-8(9-2-3-9)18-12(20)7-21-14-11(6-16)4-10(5-15)13(17)19-14/h4,8-9H,2-3,7H2,1H3,(H2,17,19)(H,18,20)/p+1/t8-/m0/s1. The molecule has 21 heavy (non-hydrogen) atoms. The first-order chi connectivity index (χ1) is 10.0. The molecule has 1 aliphatic rings. The van der Waals surface area contributed by atoms with Crippen LogP contribution in [0.1, 0.15) is 30.9 Å². The maximum atomic E-state index is 11.9. The highest BCUT2D eigenvalue weighted by Gasteiger charge is 2.28. The summed E-state index contributed by atoms with van der Waals surface area (Å²) in [5, 5.41) is 21.4. The van der Waals surface area contributed by atoms with Crippen LogP contribution in [0.5, 0.6) is 0 Å². The number of nitrogens with two attached hydrogens (primary N) is 1. The zero-order valence-electron chi connectivity index (χ0n) is 11.6. The van der Waals surface area contributed by atoms with Gasteiger partial charge in [0.25, 0.3) is 5.82 Å². The van der Waals surface area contributed by atoms with Gasteiger partial charge in [0.1, 0.15) is 23.3 Å². The highest BCUT2D eigenvalue weighted by Crippen LogP contribution is 2.32. The van der Waals surface area contributed by atoms with Crippen molar-refractivity contribution in [1.82, 2.24) is 5.32 Å². The van der Waals surface area contributed by atoms with Gasteiger partial charge in [0.2, 0.25) is 5.91 Å². The number of carbonyl (C=O) groups is 1. The van der Waals surface area contributed by atoms with E-state index in [1.807, 2.05) is 19.1 Å². The molecule has 1 aromatic rings. The topological polar surface area (TPSA) is 117 Å². The molecule has 0 aromatic carbocycles.